The number of carbonyl (C=O) groups excluding carboxylic acids is 4. The van der Waals surface area contributed by atoms with Gasteiger partial charge in [-0.15, -0.1) is 22.7 Å². The number of amides is 4. The molecule has 0 unspecified atom stereocenters. The summed E-state index contributed by atoms with van der Waals surface area (Å²) in [7, 11) is 4.26. The highest BCUT2D eigenvalue weighted by atomic mass is 35.5. The molecule has 4 aromatic heterocycles. The van der Waals surface area contributed by atoms with E-state index in [0.29, 0.717) is 119 Å². The van der Waals surface area contributed by atoms with Gasteiger partial charge >= 0.3 is 0 Å². The molecular formula is C65H74Cl2F3N11O12S2. The van der Waals surface area contributed by atoms with E-state index in [1.807, 2.05) is 0 Å². The summed E-state index contributed by atoms with van der Waals surface area (Å²) in [5, 5.41) is 41.5. The second-order valence-electron chi connectivity index (χ2n) is 22.6. The number of fused-ring (bicyclic) bond motifs is 2. The van der Waals surface area contributed by atoms with E-state index in [2.05, 4.69) is 41.2 Å². The molecule has 9 N–H and O–H groups in total. The minimum Gasteiger partial charge on any atom is -0.497 e. The summed E-state index contributed by atoms with van der Waals surface area (Å²) in [5.41, 5.74) is 8.82. The maximum absolute atomic E-state index is 14.0. The minimum absolute atomic E-state index is 0.213. The number of nitrogens with two attached hydrogens (primary N) is 1. The Labute approximate surface area is 564 Å². The summed E-state index contributed by atoms with van der Waals surface area (Å²) in [5.74, 6) is -1.16. The lowest BCUT2D eigenvalue weighted by Gasteiger charge is -2.32. The molecule has 0 radical (unpaired) electrons. The van der Waals surface area contributed by atoms with Gasteiger partial charge in [0.15, 0.2) is 0 Å². The van der Waals surface area contributed by atoms with Gasteiger partial charge < -0.3 is 75.8 Å². The fourth-order valence-electron chi connectivity index (χ4n) is 11.0. The number of anilines is 2. The highest BCUT2D eigenvalue weighted by molar-refractivity contribution is 7.16. The zero-order chi connectivity index (χ0) is 68.0. The molecule has 23 nitrogen and oxygen atoms in total. The van der Waals surface area contributed by atoms with Crippen LogP contribution < -0.4 is 41.2 Å². The van der Waals surface area contributed by atoms with Crippen molar-refractivity contribution in [3.8, 4) is 38.4 Å². The van der Waals surface area contributed by atoms with Crippen LogP contribution in [-0.4, -0.2) is 174 Å². The number of nitrogens with one attached hydrogen (secondary N) is 4. The number of thiophene rings is 2. The highest BCUT2D eigenvalue weighted by Gasteiger charge is 2.37. The molecule has 0 spiro atoms. The van der Waals surface area contributed by atoms with Crippen molar-refractivity contribution in [2.24, 2.45) is 5.73 Å². The molecule has 95 heavy (non-hydrogen) atoms. The van der Waals surface area contributed by atoms with Crippen molar-refractivity contribution in [2.75, 3.05) is 91.3 Å². The maximum atomic E-state index is 14.0. The summed E-state index contributed by atoms with van der Waals surface area (Å²) >= 11 is 15.8. The molecule has 5 atom stereocenters. The number of aliphatic hydroxyl groups excluding tert-OH is 3. The third-order valence-electron chi connectivity index (χ3n) is 16.3. The number of nitrogens with zero attached hydrogens (tertiary/aromatic N) is 6. The molecular weight excluding hydrogens is 1320 g/mol. The summed E-state index contributed by atoms with van der Waals surface area (Å²) in [6, 6.07) is 12.1. The first-order valence-corrected chi connectivity index (χ1v) is 32.9. The number of halogens is 5. The first-order valence-electron chi connectivity index (χ1n) is 30.6. The van der Waals surface area contributed by atoms with E-state index in [1.54, 1.807) is 56.6 Å². The van der Waals surface area contributed by atoms with Crippen LogP contribution in [0, 0.1) is 17.5 Å². The predicted molar refractivity (Wildman–Crippen MR) is 353 cm³/mol. The van der Waals surface area contributed by atoms with Gasteiger partial charge in [0.1, 0.15) is 58.2 Å². The maximum Gasteiger partial charge on any atom is 0.255 e. The molecule has 2 saturated heterocycles. The van der Waals surface area contributed by atoms with E-state index >= 15 is 0 Å². The largest absolute Gasteiger partial charge is 0.497 e. The van der Waals surface area contributed by atoms with Crippen LogP contribution in [0.4, 0.5) is 25.1 Å². The number of rotatable bonds is 21. The molecule has 508 valence electrons. The average Bonchev–Trinajstić information content (AvgIpc) is 1.66. The highest BCUT2D eigenvalue weighted by Crippen LogP contribution is 2.40. The Morgan fingerprint density at radius 1 is 0.600 bits per heavy atom. The average molecular weight is 1390 g/mol. The van der Waals surface area contributed by atoms with Crippen LogP contribution in [0.1, 0.15) is 105 Å². The van der Waals surface area contributed by atoms with E-state index in [0.717, 1.165) is 45.2 Å². The summed E-state index contributed by atoms with van der Waals surface area (Å²) < 4.78 is 66.8. The van der Waals surface area contributed by atoms with Crippen LogP contribution >= 0.6 is 45.9 Å². The topological polar surface area (TPSA) is 307 Å². The smallest absolute Gasteiger partial charge is 0.255 e. The fourth-order valence-corrected chi connectivity index (χ4v) is 13.7. The van der Waals surface area contributed by atoms with Gasteiger partial charge in [-0.1, -0.05) is 23.2 Å². The van der Waals surface area contributed by atoms with Gasteiger partial charge in [0.25, 0.3) is 11.8 Å². The molecule has 8 heterocycles. The lowest BCUT2D eigenvalue weighted by atomic mass is 10.0. The molecule has 4 aliphatic rings. The molecule has 4 aliphatic heterocycles. The van der Waals surface area contributed by atoms with Crippen molar-refractivity contribution in [3.63, 3.8) is 0 Å². The van der Waals surface area contributed by atoms with Crippen molar-refractivity contribution >= 4 is 81.4 Å². The molecule has 7 aromatic rings. The SMILES string of the molecule is COc1cc(F)cc([C@@H](CO)NC(=O)[C@@H](C)N2CCc3sc(-c4nc(NC5CCOCC5)ncc4Cl)cc3C2=O)c1.COc1cc(F)cc([C@@H](CO)NC(=O)[C@H](C)N2CCc3sc(-c4nc(NC5CCOCC5)ncc4Cl)cc3C2=O)c1.COc1cc(F)cc([C@H](N)CO)c1. The van der Waals surface area contributed by atoms with Crippen LogP contribution in [0.25, 0.3) is 21.1 Å². The van der Waals surface area contributed by atoms with E-state index < -0.39 is 72.7 Å². The minimum atomic E-state index is -0.874. The zero-order valence-electron chi connectivity index (χ0n) is 52.6. The number of carbonyl (C=O) groups is 4. The molecule has 4 amide bonds. The first-order chi connectivity index (χ1) is 45.7. The van der Waals surface area contributed by atoms with E-state index in [1.165, 1.54) is 90.2 Å². The van der Waals surface area contributed by atoms with Gasteiger partial charge in [-0.3, -0.25) is 19.2 Å². The van der Waals surface area contributed by atoms with E-state index in [9.17, 15) is 42.6 Å². The standard InChI is InChI=1S/2C28H31ClFN5O5S.C9H12FNO2/c2*1-15(26(37)33-22(14-36)16-9-17(30)11-19(10-16)39-2)35-6-3-23-20(27(35)38)12-24(41-23)25-21(29)13-31-28(34-25)32-18-4-7-40-8-5-18;1-13-8-3-6(9(11)5-12)2-7(10)4-8/h2*9-13,15,18,22,36H,3-8,14H2,1-2H3,(H,33,37)(H,31,32,34);2-4,9,12H,5,11H2,1H3/t15-,22+;15-,22-;9-/m011/s1. The van der Waals surface area contributed by atoms with Crippen LogP contribution in [0.2, 0.25) is 10.0 Å². The number of ether oxygens (including phenoxy) is 5. The fraction of sp³-hybridized carbons (Fsp3) is 0.415. The quantitative estimate of drug-likeness (QED) is 0.0334. The van der Waals surface area contributed by atoms with Crippen LogP contribution in [0.15, 0.2) is 79.1 Å². The molecule has 0 saturated carbocycles. The van der Waals surface area contributed by atoms with Crippen molar-refractivity contribution in [2.45, 2.75) is 94.7 Å². The summed E-state index contributed by atoms with van der Waals surface area (Å²) in [6.45, 7) is 5.55. The van der Waals surface area contributed by atoms with Crippen LogP contribution in [0.5, 0.6) is 17.2 Å². The monoisotopic (exact) mass is 1390 g/mol. The summed E-state index contributed by atoms with van der Waals surface area (Å²) in [6.07, 6.45) is 7.67. The van der Waals surface area contributed by atoms with Gasteiger partial charge in [0, 0.05) is 92.4 Å². The van der Waals surface area contributed by atoms with Crippen molar-refractivity contribution in [3.05, 3.63) is 144 Å². The molecule has 3 aromatic carbocycles. The van der Waals surface area contributed by atoms with E-state index in [4.69, 9.17) is 57.7 Å². The number of hydrogen-bond donors (Lipinski definition) is 8. The van der Waals surface area contributed by atoms with Crippen molar-refractivity contribution in [1.82, 2.24) is 40.4 Å². The van der Waals surface area contributed by atoms with Gasteiger partial charge in [-0.2, -0.15) is 0 Å². The molecule has 11 rings (SSSR count). The molecule has 30 heteroatoms. The molecule has 2 fully saturated rings. The third-order valence-corrected chi connectivity index (χ3v) is 19.3. The Morgan fingerprint density at radius 3 is 1.33 bits per heavy atom. The lowest BCUT2D eigenvalue weighted by Crippen LogP contribution is -2.51. The number of methoxy groups -OCH3 is 3. The molecule has 0 bridgehead atoms. The number of aromatic nitrogens is 4. The van der Waals surface area contributed by atoms with Crippen LogP contribution in [-0.2, 0) is 31.9 Å². The van der Waals surface area contributed by atoms with E-state index in [-0.39, 0.29) is 42.0 Å². The van der Waals surface area contributed by atoms with Gasteiger partial charge in [-0.25, -0.2) is 33.1 Å². The number of aliphatic hydroxyl groups is 3. The Balaban J connectivity index is 0.000000188. The first kappa shape index (κ1) is 71.5. The normalized spacial score (nSPS) is 16.5. The van der Waals surface area contributed by atoms with Crippen LogP contribution in [0.3, 0.4) is 0 Å². The second-order valence-corrected chi connectivity index (χ2v) is 25.7. The van der Waals surface area contributed by atoms with Gasteiger partial charge in [0.2, 0.25) is 23.7 Å². The number of benzene rings is 3. The Kier molecular flexibility index (Phi) is 25.0. The Hall–Kier alpha value is -7.77. The van der Waals surface area contributed by atoms with Gasteiger partial charge in [0.05, 0.1) is 103 Å². The second kappa shape index (κ2) is 33.3. The third kappa shape index (κ3) is 18.0. The lowest BCUT2D eigenvalue weighted by molar-refractivity contribution is -0.127. The molecule has 0 aliphatic carbocycles. The summed E-state index contributed by atoms with van der Waals surface area (Å²) in [4.78, 5) is 77.6. The zero-order valence-corrected chi connectivity index (χ0v) is 55.8. The van der Waals surface area contributed by atoms with Crippen molar-refractivity contribution < 1.29 is 71.4 Å². The van der Waals surface area contributed by atoms with Crippen molar-refractivity contribution in [1.29, 1.82) is 0 Å². The Bertz CT molecular complexity index is 3630. The number of hydrogen-bond acceptors (Lipinski definition) is 21. The van der Waals surface area contributed by atoms with Gasteiger partial charge in [-0.05, 0) is 105 Å². The predicted octanol–water partition coefficient (Wildman–Crippen LogP) is 8.49. The Morgan fingerprint density at radius 2 is 0.968 bits per heavy atom.